The Morgan fingerprint density at radius 1 is 0.711 bits per heavy atom. The minimum absolute atomic E-state index is 0.0568. The molecular formula is C42H49BN2. The van der Waals surface area contributed by atoms with E-state index in [1.165, 1.54) is 87.2 Å². The van der Waals surface area contributed by atoms with Gasteiger partial charge in [0.15, 0.2) is 0 Å². The van der Waals surface area contributed by atoms with Crippen LogP contribution < -0.4 is 26.2 Å². The molecule has 45 heavy (non-hydrogen) atoms. The lowest BCUT2D eigenvalue weighted by Crippen LogP contribution is -2.66. The predicted octanol–water partition coefficient (Wildman–Crippen LogP) is 9.19. The summed E-state index contributed by atoms with van der Waals surface area (Å²) in [6.07, 6.45) is 5.27. The van der Waals surface area contributed by atoms with Gasteiger partial charge in [-0.15, -0.1) is 0 Å². The van der Waals surface area contributed by atoms with Gasteiger partial charge in [0.25, 0.3) is 6.71 Å². The molecule has 1 saturated carbocycles. The first-order valence-electron chi connectivity index (χ1n) is 17.4. The minimum Gasteiger partial charge on any atom is -0.339 e. The van der Waals surface area contributed by atoms with Gasteiger partial charge >= 0.3 is 0 Å². The highest BCUT2D eigenvalue weighted by molar-refractivity contribution is 7.00. The molecule has 4 aromatic carbocycles. The van der Waals surface area contributed by atoms with Gasteiger partial charge in [-0.2, -0.15) is 0 Å². The monoisotopic (exact) mass is 592 g/mol. The first-order chi connectivity index (χ1) is 21.3. The minimum atomic E-state index is 0.0568. The Kier molecular flexibility index (Phi) is 6.14. The maximum atomic E-state index is 2.85. The lowest BCUT2D eigenvalue weighted by Gasteiger charge is -2.57. The van der Waals surface area contributed by atoms with Crippen molar-refractivity contribution in [1.82, 2.24) is 0 Å². The molecular weight excluding hydrogens is 543 g/mol. The van der Waals surface area contributed by atoms with Crippen LogP contribution in [0.3, 0.4) is 0 Å². The number of anilines is 5. The second kappa shape index (κ2) is 9.54. The molecule has 0 N–H and O–H groups in total. The van der Waals surface area contributed by atoms with Crippen molar-refractivity contribution < 1.29 is 0 Å². The number of fused-ring (bicyclic) bond motifs is 6. The molecule has 3 heterocycles. The number of hydrogen-bond acceptors (Lipinski definition) is 2. The fourth-order valence-corrected chi connectivity index (χ4v) is 9.40. The van der Waals surface area contributed by atoms with Crippen LogP contribution in [-0.4, -0.2) is 12.8 Å². The molecule has 0 bridgehead atoms. The third-order valence-corrected chi connectivity index (χ3v) is 11.8. The van der Waals surface area contributed by atoms with Gasteiger partial charge in [-0.1, -0.05) is 111 Å². The van der Waals surface area contributed by atoms with Crippen molar-refractivity contribution in [2.75, 3.05) is 9.80 Å². The van der Waals surface area contributed by atoms with E-state index in [-0.39, 0.29) is 23.0 Å². The van der Waals surface area contributed by atoms with Gasteiger partial charge < -0.3 is 9.80 Å². The molecule has 8 rings (SSSR count). The average Bonchev–Trinajstić information content (AvgIpc) is 2.99. The third kappa shape index (κ3) is 4.15. The summed E-state index contributed by atoms with van der Waals surface area (Å²) in [5.74, 6) is 0.659. The van der Waals surface area contributed by atoms with Crippen molar-refractivity contribution in [3.05, 3.63) is 95.1 Å². The summed E-state index contributed by atoms with van der Waals surface area (Å²) in [4.78, 5) is 5.46. The molecule has 0 aromatic heterocycles. The number of rotatable bonds is 1. The molecule has 1 fully saturated rings. The summed E-state index contributed by atoms with van der Waals surface area (Å²) >= 11 is 0. The Labute approximate surface area is 271 Å². The largest absolute Gasteiger partial charge is 0.339 e. The van der Waals surface area contributed by atoms with Crippen LogP contribution in [-0.2, 0) is 16.2 Å². The van der Waals surface area contributed by atoms with Crippen molar-refractivity contribution >= 4 is 51.5 Å². The van der Waals surface area contributed by atoms with Crippen molar-refractivity contribution in [2.24, 2.45) is 5.92 Å². The van der Waals surface area contributed by atoms with Crippen LogP contribution in [0.5, 0.6) is 0 Å². The summed E-state index contributed by atoms with van der Waals surface area (Å²) in [7, 11) is 0. The molecule has 4 aliphatic rings. The Morgan fingerprint density at radius 3 is 2.16 bits per heavy atom. The normalized spacial score (nSPS) is 21.1. The molecule has 1 aliphatic carbocycles. The highest BCUT2D eigenvalue weighted by atomic mass is 15.2. The van der Waals surface area contributed by atoms with Crippen LogP contribution >= 0.6 is 0 Å². The van der Waals surface area contributed by atoms with Crippen molar-refractivity contribution in [3.63, 3.8) is 0 Å². The van der Waals surface area contributed by atoms with Crippen LogP contribution in [0.25, 0.3) is 0 Å². The van der Waals surface area contributed by atoms with Crippen LogP contribution in [0.1, 0.15) is 103 Å². The number of hydrogen-bond donors (Lipinski definition) is 0. The van der Waals surface area contributed by atoms with Crippen LogP contribution in [0.2, 0.25) is 0 Å². The zero-order valence-corrected chi connectivity index (χ0v) is 28.9. The van der Waals surface area contributed by atoms with Crippen molar-refractivity contribution in [3.8, 4) is 0 Å². The molecule has 230 valence electrons. The smallest absolute Gasteiger partial charge is 0.252 e. The maximum absolute atomic E-state index is 2.85. The Balaban J connectivity index is 1.47. The summed E-state index contributed by atoms with van der Waals surface area (Å²) in [6, 6.07) is 29.5. The quantitative estimate of drug-likeness (QED) is 0.179. The van der Waals surface area contributed by atoms with E-state index in [0.717, 1.165) is 0 Å². The van der Waals surface area contributed by atoms with Gasteiger partial charge in [-0.3, -0.25) is 0 Å². The van der Waals surface area contributed by atoms with Gasteiger partial charge in [0.1, 0.15) is 0 Å². The molecule has 3 heteroatoms. The summed E-state index contributed by atoms with van der Waals surface area (Å²) < 4.78 is 0. The average molecular weight is 593 g/mol. The van der Waals surface area contributed by atoms with E-state index in [9.17, 15) is 0 Å². The van der Waals surface area contributed by atoms with Gasteiger partial charge in [0.05, 0.1) is 0 Å². The van der Waals surface area contributed by atoms with Crippen LogP contribution in [0, 0.1) is 12.8 Å². The lowest BCUT2D eigenvalue weighted by molar-refractivity contribution is 0.190. The van der Waals surface area contributed by atoms with Gasteiger partial charge in [-0.25, -0.2) is 0 Å². The van der Waals surface area contributed by atoms with Crippen LogP contribution in [0.4, 0.5) is 28.4 Å². The molecule has 2 unspecified atom stereocenters. The predicted molar refractivity (Wildman–Crippen MR) is 195 cm³/mol. The Morgan fingerprint density at radius 2 is 1.40 bits per heavy atom. The van der Waals surface area contributed by atoms with Crippen LogP contribution in [0.15, 0.2) is 72.8 Å². The van der Waals surface area contributed by atoms with E-state index < -0.39 is 0 Å². The first kappa shape index (κ1) is 29.0. The lowest BCUT2D eigenvalue weighted by atomic mass is 9.32. The van der Waals surface area contributed by atoms with E-state index in [1.807, 2.05) is 0 Å². The van der Waals surface area contributed by atoms with Crippen molar-refractivity contribution in [2.45, 2.75) is 110 Å². The number of benzene rings is 4. The number of para-hydroxylation sites is 1. The summed E-state index contributed by atoms with van der Waals surface area (Å²) in [6.45, 7) is 21.6. The highest BCUT2D eigenvalue weighted by Gasteiger charge is 2.53. The molecule has 2 atom stereocenters. The Hall–Kier alpha value is -3.46. The zero-order chi connectivity index (χ0) is 31.6. The fraction of sp³-hybridized carbons (Fsp3) is 0.429. The molecule has 0 saturated heterocycles. The van der Waals surface area contributed by atoms with E-state index in [1.54, 1.807) is 5.56 Å². The summed E-state index contributed by atoms with van der Waals surface area (Å²) in [5, 5.41) is 0. The molecule has 2 nitrogen and oxygen atoms in total. The first-order valence-corrected chi connectivity index (χ1v) is 17.4. The van der Waals surface area contributed by atoms with E-state index in [0.29, 0.717) is 12.0 Å². The topological polar surface area (TPSA) is 6.48 Å². The summed E-state index contributed by atoms with van der Waals surface area (Å²) in [5.41, 5.74) is 17.2. The third-order valence-electron chi connectivity index (χ3n) is 11.8. The molecule has 0 spiro atoms. The highest BCUT2D eigenvalue weighted by Crippen LogP contribution is 2.55. The second-order valence-corrected chi connectivity index (χ2v) is 17.1. The fourth-order valence-electron chi connectivity index (χ4n) is 9.40. The molecule has 0 amide bonds. The van der Waals surface area contributed by atoms with E-state index >= 15 is 0 Å². The van der Waals surface area contributed by atoms with Crippen molar-refractivity contribution in [1.29, 1.82) is 0 Å². The molecule has 3 aliphatic heterocycles. The zero-order valence-electron chi connectivity index (χ0n) is 28.9. The molecule has 0 radical (unpaired) electrons. The Bertz CT molecular complexity index is 1850. The maximum Gasteiger partial charge on any atom is 0.252 e. The number of nitrogens with zero attached hydrogens (tertiary/aromatic N) is 2. The van der Waals surface area contributed by atoms with Gasteiger partial charge in [0.2, 0.25) is 0 Å². The SMILES string of the molecule is Cc1cc2c3c(c1)N1c4c(cccc4C(C)(C)C4CCCCC41)B3c1ccc(C(C)(C)C)cc1N2c1cccc(C(C)(C)C)c1. The van der Waals surface area contributed by atoms with E-state index in [2.05, 4.69) is 145 Å². The second-order valence-electron chi connectivity index (χ2n) is 17.1. The molecule has 4 aromatic rings. The van der Waals surface area contributed by atoms with Gasteiger partial charge in [0, 0.05) is 34.5 Å². The number of aryl methyl sites for hydroxylation is 1. The van der Waals surface area contributed by atoms with Gasteiger partial charge in [-0.05, 0) is 111 Å². The van der Waals surface area contributed by atoms with E-state index in [4.69, 9.17) is 0 Å². The standard InChI is InChI=1S/C42H49BN2/c1-26-22-36-38-37(23-26)45-34-19-11-10-16-30(34)42(8,9)31-17-13-18-33(39(31)45)43(38)32-21-20-28(41(5,6)7)25-35(32)44(36)29-15-12-14-27(24-29)40(2,3)4/h12-15,17-18,20-25,30,34H,10-11,16,19H2,1-9H3.